The van der Waals surface area contributed by atoms with Crippen LogP contribution in [0, 0.1) is 11.3 Å². The highest BCUT2D eigenvalue weighted by Gasteiger charge is 2.14. The number of thiophene rings is 1. The summed E-state index contributed by atoms with van der Waals surface area (Å²) in [6.07, 6.45) is 1.77. The molecule has 0 N–H and O–H groups in total. The first kappa shape index (κ1) is 12.7. The van der Waals surface area contributed by atoms with Gasteiger partial charge in [0.1, 0.15) is 6.07 Å². The van der Waals surface area contributed by atoms with Crippen LogP contribution in [0.1, 0.15) is 5.69 Å². The number of pyridine rings is 1. The molecule has 0 fully saturated rings. The van der Waals surface area contributed by atoms with Crippen molar-refractivity contribution in [3.63, 3.8) is 0 Å². The third kappa shape index (κ3) is 1.98. The summed E-state index contributed by atoms with van der Waals surface area (Å²) in [6, 6.07) is 17.9. The summed E-state index contributed by atoms with van der Waals surface area (Å²) >= 11 is 1.62. The summed E-state index contributed by atoms with van der Waals surface area (Å²) in [4.78, 5) is 5.55. The average Bonchev–Trinajstić information content (AvgIpc) is 3.23. The van der Waals surface area contributed by atoms with Crippen molar-refractivity contribution < 1.29 is 0 Å². The summed E-state index contributed by atoms with van der Waals surface area (Å²) in [5, 5.41) is 16.7. The summed E-state index contributed by atoms with van der Waals surface area (Å²) in [5.41, 5.74) is 3.06. The summed E-state index contributed by atoms with van der Waals surface area (Å²) < 4.78 is 1.81. The molecule has 4 nitrogen and oxygen atoms in total. The molecule has 0 atom stereocenters. The molecular weight excluding hydrogens is 292 g/mol. The summed E-state index contributed by atoms with van der Waals surface area (Å²) in [5.74, 6) is 0. The molecule has 1 aromatic carbocycles. The van der Waals surface area contributed by atoms with E-state index in [-0.39, 0.29) is 0 Å². The minimum Gasteiger partial charge on any atom is -0.254 e. The molecule has 104 valence electrons. The van der Waals surface area contributed by atoms with Gasteiger partial charge in [-0.25, -0.2) is 4.68 Å². The van der Waals surface area contributed by atoms with Gasteiger partial charge < -0.3 is 0 Å². The van der Waals surface area contributed by atoms with Crippen LogP contribution in [-0.2, 0) is 0 Å². The van der Waals surface area contributed by atoms with Crippen molar-refractivity contribution in [3.8, 4) is 22.3 Å². The minimum absolute atomic E-state index is 0.399. The molecule has 4 aromatic rings. The van der Waals surface area contributed by atoms with Gasteiger partial charge in [0, 0.05) is 17.6 Å². The topological polar surface area (TPSA) is 54.5 Å². The first-order chi connectivity index (χ1) is 10.9. The molecule has 0 saturated carbocycles. The van der Waals surface area contributed by atoms with E-state index in [4.69, 9.17) is 0 Å². The second kappa shape index (κ2) is 5.10. The van der Waals surface area contributed by atoms with Crippen LogP contribution in [-0.4, -0.2) is 14.8 Å². The molecule has 0 aliphatic rings. The second-order valence-corrected chi connectivity index (χ2v) is 5.72. The third-order valence-corrected chi connectivity index (χ3v) is 4.33. The number of para-hydroxylation sites is 1. The molecule has 22 heavy (non-hydrogen) atoms. The van der Waals surface area contributed by atoms with Gasteiger partial charge in [-0.05, 0) is 23.6 Å². The molecule has 0 amide bonds. The Morgan fingerprint density at radius 2 is 2.00 bits per heavy atom. The standard InChI is InChI=1S/C17H10N4S/c18-11-13-10-15(16-7-3-9-22-16)21(20-13)14-6-1-4-12-5-2-8-19-17(12)14/h1-10H. The van der Waals surface area contributed by atoms with E-state index >= 15 is 0 Å². The maximum atomic E-state index is 9.20. The molecule has 0 bridgehead atoms. The second-order valence-electron chi connectivity index (χ2n) is 4.77. The highest BCUT2D eigenvalue weighted by atomic mass is 32.1. The Kier molecular flexibility index (Phi) is 2.95. The molecular formula is C17H10N4S. The highest BCUT2D eigenvalue weighted by Crippen LogP contribution is 2.30. The van der Waals surface area contributed by atoms with Gasteiger partial charge in [-0.2, -0.15) is 10.4 Å². The summed E-state index contributed by atoms with van der Waals surface area (Å²) in [7, 11) is 0. The van der Waals surface area contributed by atoms with Crippen molar-refractivity contribution in [2.24, 2.45) is 0 Å². The van der Waals surface area contributed by atoms with Crippen LogP contribution >= 0.6 is 11.3 Å². The number of benzene rings is 1. The Bertz CT molecular complexity index is 988. The van der Waals surface area contributed by atoms with Crippen molar-refractivity contribution in [1.82, 2.24) is 14.8 Å². The predicted octanol–water partition coefficient (Wildman–Crippen LogP) is 4.02. The fourth-order valence-electron chi connectivity index (χ4n) is 2.48. The van der Waals surface area contributed by atoms with E-state index in [0.717, 1.165) is 27.2 Å². The van der Waals surface area contributed by atoms with Gasteiger partial charge in [0.15, 0.2) is 5.69 Å². The molecule has 0 radical (unpaired) electrons. The Morgan fingerprint density at radius 3 is 2.82 bits per heavy atom. The summed E-state index contributed by atoms with van der Waals surface area (Å²) in [6.45, 7) is 0. The van der Waals surface area contributed by atoms with Gasteiger partial charge in [-0.15, -0.1) is 11.3 Å². The Balaban J connectivity index is 2.03. The van der Waals surface area contributed by atoms with Gasteiger partial charge in [-0.1, -0.05) is 24.3 Å². The van der Waals surface area contributed by atoms with E-state index in [1.165, 1.54) is 0 Å². The van der Waals surface area contributed by atoms with Crippen LogP contribution in [0.25, 0.3) is 27.2 Å². The number of nitrogens with zero attached hydrogens (tertiary/aromatic N) is 4. The number of hydrogen-bond acceptors (Lipinski definition) is 4. The van der Waals surface area contributed by atoms with Gasteiger partial charge in [0.25, 0.3) is 0 Å². The number of rotatable bonds is 2. The fraction of sp³-hybridized carbons (Fsp3) is 0. The van der Waals surface area contributed by atoms with Crippen LogP contribution in [0.4, 0.5) is 0 Å². The van der Waals surface area contributed by atoms with Crippen molar-refractivity contribution in [2.75, 3.05) is 0 Å². The lowest BCUT2D eigenvalue weighted by atomic mass is 10.2. The highest BCUT2D eigenvalue weighted by molar-refractivity contribution is 7.13. The Hall–Kier alpha value is -2.97. The van der Waals surface area contributed by atoms with E-state index < -0.39 is 0 Å². The molecule has 0 aliphatic heterocycles. The van der Waals surface area contributed by atoms with E-state index in [2.05, 4.69) is 16.2 Å². The molecule has 5 heteroatoms. The zero-order chi connectivity index (χ0) is 14.9. The quantitative estimate of drug-likeness (QED) is 0.562. The monoisotopic (exact) mass is 302 g/mol. The zero-order valence-electron chi connectivity index (χ0n) is 11.5. The lowest BCUT2D eigenvalue weighted by Gasteiger charge is -2.08. The largest absolute Gasteiger partial charge is 0.254 e. The average molecular weight is 302 g/mol. The van der Waals surface area contributed by atoms with Crippen molar-refractivity contribution in [1.29, 1.82) is 5.26 Å². The predicted molar refractivity (Wildman–Crippen MR) is 86.9 cm³/mol. The molecule has 0 saturated heterocycles. The van der Waals surface area contributed by atoms with Crippen LogP contribution in [0.2, 0.25) is 0 Å². The number of fused-ring (bicyclic) bond motifs is 1. The fourth-order valence-corrected chi connectivity index (χ4v) is 3.21. The molecule has 0 spiro atoms. The zero-order valence-corrected chi connectivity index (χ0v) is 12.3. The molecule has 0 aliphatic carbocycles. The number of aromatic nitrogens is 3. The van der Waals surface area contributed by atoms with Crippen LogP contribution < -0.4 is 0 Å². The van der Waals surface area contributed by atoms with Gasteiger partial charge in [0.2, 0.25) is 0 Å². The SMILES string of the molecule is N#Cc1cc(-c2cccs2)n(-c2cccc3cccnc23)n1. The molecule has 4 rings (SSSR count). The van der Waals surface area contributed by atoms with Crippen LogP contribution in [0.15, 0.2) is 60.1 Å². The normalized spacial score (nSPS) is 10.7. The van der Waals surface area contributed by atoms with Crippen molar-refractivity contribution in [3.05, 3.63) is 65.8 Å². The Morgan fingerprint density at radius 1 is 1.09 bits per heavy atom. The van der Waals surface area contributed by atoms with Crippen molar-refractivity contribution in [2.45, 2.75) is 0 Å². The van der Waals surface area contributed by atoms with Gasteiger partial charge in [-0.3, -0.25) is 4.98 Å². The first-order valence-electron chi connectivity index (χ1n) is 6.75. The lowest BCUT2D eigenvalue weighted by molar-refractivity contribution is 0.886. The third-order valence-electron chi connectivity index (χ3n) is 3.44. The Labute approximate surface area is 130 Å². The van der Waals surface area contributed by atoms with Crippen LogP contribution in [0.5, 0.6) is 0 Å². The maximum absolute atomic E-state index is 9.20. The molecule has 0 unspecified atom stereocenters. The smallest absolute Gasteiger partial charge is 0.163 e. The number of hydrogen-bond donors (Lipinski definition) is 0. The maximum Gasteiger partial charge on any atom is 0.163 e. The van der Waals surface area contributed by atoms with E-state index in [0.29, 0.717) is 5.69 Å². The van der Waals surface area contributed by atoms with Crippen molar-refractivity contribution >= 4 is 22.2 Å². The lowest BCUT2D eigenvalue weighted by Crippen LogP contribution is -2.00. The van der Waals surface area contributed by atoms with Crippen LogP contribution in [0.3, 0.4) is 0 Å². The van der Waals surface area contributed by atoms with E-state index in [1.807, 2.05) is 53.9 Å². The molecule has 3 heterocycles. The first-order valence-corrected chi connectivity index (χ1v) is 7.63. The van der Waals surface area contributed by atoms with Gasteiger partial charge >= 0.3 is 0 Å². The minimum atomic E-state index is 0.399. The number of nitriles is 1. The molecule has 3 aromatic heterocycles. The van der Waals surface area contributed by atoms with Gasteiger partial charge in [0.05, 0.1) is 21.8 Å². The van der Waals surface area contributed by atoms with E-state index in [1.54, 1.807) is 22.2 Å². The van der Waals surface area contributed by atoms with E-state index in [9.17, 15) is 5.26 Å².